The monoisotopic (exact) mass is 409 g/mol. The molecule has 0 unspecified atom stereocenters. The lowest BCUT2D eigenvalue weighted by atomic mass is 10.2. The van der Waals surface area contributed by atoms with Crippen molar-refractivity contribution in [2.45, 2.75) is 25.7 Å². The van der Waals surface area contributed by atoms with Crippen LogP contribution in [0.4, 0.5) is 11.4 Å². The number of sulfonamides is 1. The lowest BCUT2D eigenvalue weighted by molar-refractivity contribution is 0.593. The van der Waals surface area contributed by atoms with Gasteiger partial charge in [0, 0.05) is 35.3 Å². The number of aliphatic imine (C=N–C) groups is 1. The first-order valence-electron chi connectivity index (χ1n) is 8.68. The molecule has 0 aliphatic carbocycles. The van der Waals surface area contributed by atoms with Crippen molar-refractivity contribution in [2.75, 3.05) is 22.3 Å². The molecule has 9 heteroatoms. The van der Waals surface area contributed by atoms with Gasteiger partial charge in [0.1, 0.15) is 0 Å². The van der Waals surface area contributed by atoms with Gasteiger partial charge in [0.05, 0.1) is 5.75 Å². The fourth-order valence-electron chi connectivity index (χ4n) is 2.33. The number of guanidine groups is 1. The molecule has 2 rings (SSSR count). The molecule has 1 heterocycles. The highest BCUT2D eigenvalue weighted by molar-refractivity contribution is 7.92. The van der Waals surface area contributed by atoms with Gasteiger partial charge >= 0.3 is 0 Å². The van der Waals surface area contributed by atoms with E-state index in [4.69, 9.17) is 17.3 Å². The molecule has 0 saturated heterocycles. The van der Waals surface area contributed by atoms with E-state index in [1.54, 1.807) is 48.8 Å². The average Bonchev–Trinajstić information content (AvgIpc) is 2.63. The zero-order valence-electron chi connectivity index (χ0n) is 14.9. The molecule has 2 aromatic rings. The second-order valence-electron chi connectivity index (χ2n) is 5.97. The van der Waals surface area contributed by atoms with E-state index in [1.165, 1.54) is 0 Å². The Morgan fingerprint density at radius 2 is 1.67 bits per heavy atom. The van der Waals surface area contributed by atoms with Gasteiger partial charge in [0.15, 0.2) is 5.96 Å². The van der Waals surface area contributed by atoms with Crippen molar-refractivity contribution in [2.24, 2.45) is 10.7 Å². The Labute approximate surface area is 165 Å². The van der Waals surface area contributed by atoms with Crippen LogP contribution in [-0.2, 0) is 10.0 Å². The first-order chi connectivity index (χ1) is 12.9. The summed E-state index contributed by atoms with van der Waals surface area (Å²) >= 11 is 5.79. The number of benzene rings is 1. The van der Waals surface area contributed by atoms with Gasteiger partial charge in [-0.05, 0) is 49.2 Å². The van der Waals surface area contributed by atoms with Crippen molar-refractivity contribution in [3.8, 4) is 0 Å². The Balaban J connectivity index is 1.59. The third-order valence-electron chi connectivity index (χ3n) is 3.67. The summed E-state index contributed by atoms with van der Waals surface area (Å²) in [6.45, 7) is 0.597. The Morgan fingerprint density at radius 1 is 1.00 bits per heavy atom. The van der Waals surface area contributed by atoms with Gasteiger partial charge in [-0.3, -0.25) is 14.7 Å². The minimum Gasteiger partial charge on any atom is -0.370 e. The molecule has 0 saturated carbocycles. The van der Waals surface area contributed by atoms with E-state index < -0.39 is 10.0 Å². The van der Waals surface area contributed by atoms with Crippen LogP contribution < -0.4 is 15.8 Å². The molecule has 0 atom stereocenters. The lowest BCUT2D eigenvalue weighted by Gasteiger charge is -2.08. The van der Waals surface area contributed by atoms with Crippen molar-refractivity contribution >= 4 is 39.0 Å². The quantitative estimate of drug-likeness (QED) is 0.316. The summed E-state index contributed by atoms with van der Waals surface area (Å²) in [7, 11) is -3.34. The van der Waals surface area contributed by atoms with E-state index in [0.717, 1.165) is 24.9 Å². The largest absolute Gasteiger partial charge is 0.370 e. The van der Waals surface area contributed by atoms with Crippen LogP contribution in [-0.4, -0.2) is 31.7 Å². The van der Waals surface area contributed by atoms with Crippen LogP contribution in [0, 0.1) is 0 Å². The molecular formula is C18H24ClN5O2S. The van der Waals surface area contributed by atoms with Gasteiger partial charge in [-0.1, -0.05) is 24.4 Å². The highest BCUT2D eigenvalue weighted by atomic mass is 35.5. The van der Waals surface area contributed by atoms with E-state index in [1.807, 2.05) is 0 Å². The maximum Gasteiger partial charge on any atom is 0.232 e. The predicted molar refractivity (Wildman–Crippen MR) is 112 cm³/mol. The van der Waals surface area contributed by atoms with Crippen LogP contribution >= 0.6 is 11.6 Å². The number of halogens is 1. The Kier molecular flexibility index (Phi) is 8.35. The van der Waals surface area contributed by atoms with Crippen LogP contribution in [0.3, 0.4) is 0 Å². The summed E-state index contributed by atoms with van der Waals surface area (Å²) in [4.78, 5) is 8.18. The number of anilines is 2. The number of pyridine rings is 1. The van der Waals surface area contributed by atoms with Crippen LogP contribution in [0.25, 0.3) is 0 Å². The minimum atomic E-state index is -3.34. The first kappa shape index (κ1) is 21.0. The molecule has 146 valence electrons. The standard InChI is InChI=1S/C18H24ClN5O2S/c19-15-5-7-17(8-6-15)24-27(25,26)14-4-2-1-3-11-22-18(20)23-16-9-12-21-13-10-16/h5-10,12-13,24H,1-4,11,14H2,(H3,20,21,22,23). The molecule has 7 nitrogen and oxygen atoms in total. The molecule has 1 aromatic carbocycles. The fraction of sp³-hybridized carbons (Fsp3) is 0.333. The number of nitrogens with zero attached hydrogens (tertiary/aromatic N) is 2. The van der Waals surface area contributed by atoms with Crippen molar-refractivity contribution < 1.29 is 8.42 Å². The second-order valence-corrected chi connectivity index (χ2v) is 8.25. The summed E-state index contributed by atoms with van der Waals surface area (Å²) in [5.74, 6) is 0.445. The van der Waals surface area contributed by atoms with E-state index in [0.29, 0.717) is 29.6 Å². The summed E-state index contributed by atoms with van der Waals surface area (Å²) in [6.07, 6.45) is 6.49. The average molecular weight is 410 g/mol. The molecule has 0 radical (unpaired) electrons. The Morgan fingerprint density at radius 3 is 2.37 bits per heavy atom. The van der Waals surface area contributed by atoms with Gasteiger partial charge in [-0.25, -0.2) is 8.42 Å². The molecule has 1 aromatic heterocycles. The second kappa shape index (κ2) is 10.7. The Hall–Kier alpha value is -2.32. The molecule has 0 amide bonds. The summed E-state index contributed by atoms with van der Waals surface area (Å²) in [5, 5.41) is 3.55. The highest BCUT2D eigenvalue weighted by Crippen LogP contribution is 2.15. The maximum atomic E-state index is 12.0. The van der Waals surface area contributed by atoms with Crippen LogP contribution in [0.2, 0.25) is 5.02 Å². The summed E-state index contributed by atoms with van der Waals surface area (Å²) < 4.78 is 26.6. The van der Waals surface area contributed by atoms with Crippen molar-refractivity contribution in [1.29, 1.82) is 0 Å². The third-order valence-corrected chi connectivity index (χ3v) is 5.30. The summed E-state index contributed by atoms with van der Waals surface area (Å²) in [5.41, 5.74) is 7.17. The number of nitrogens with one attached hydrogen (secondary N) is 2. The molecule has 0 aliphatic rings. The molecule has 0 aliphatic heterocycles. The fourth-order valence-corrected chi connectivity index (χ4v) is 3.64. The zero-order valence-corrected chi connectivity index (χ0v) is 16.5. The smallest absolute Gasteiger partial charge is 0.232 e. The predicted octanol–water partition coefficient (Wildman–Crippen LogP) is 3.46. The molecule has 0 bridgehead atoms. The first-order valence-corrected chi connectivity index (χ1v) is 10.7. The molecular weight excluding hydrogens is 386 g/mol. The number of nitrogens with two attached hydrogens (primary N) is 1. The van der Waals surface area contributed by atoms with Crippen LogP contribution in [0.1, 0.15) is 25.7 Å². The summed E-state index contributed by atoms with van der Waals surface area (Å²) in [6, 6.07) is 10.2. The van der Waals surface area contributed by atoms with E-state index in [2.05, 4.69) is 20.0 Å². The number of rotatable bonds is 10. The maximum absolute atomic E-state index is 12.0. The van der Waals surface area contributed by atoms with Gasteiger partial charge in [0.25, 0.3) is 0 Å². The van der Waals surface area contributed by atoms with Crippen molar-refractivity contribution in [3.05, 3.63) is 53.8 Å². The molecule has 0 fully saturated rings. The van der Waals surface area contributed by atoms with E-state index in [9.17, 15) is 8.42 Å². The zero-order chi connectivity index (χ0) is 19.5. The number of aromatic nitrogens is 1. The van der Waals surface area contributed by atoms with Gasteiger partial charge in [-0.15, -0.1) is 0 Å². The number of hydrogen-bond donors (Lipinski definition) is 3. The van der Waals surface area contributed by atoms with Gasteiger partial charge < -0.3 is 11.1 Å². The topological polar surface area (TPSA) is 109 Å². The van der Waals surface area contributed by atoms with Crippen LogP contribution in [0.5, 0.6) is 0 Å². The third kappa shape index (κ3) is 8.74. The van der Waals surface area contributed by atoms with Crippen molar-refractivity contribution in [3.63, 3.8) is 0 Å². The van der Waals surface area contributed by atoms with E-state index in [-0.39, 0.29) is 5.75 Å². The molecule has 4 N–H and O–H groups in total. The van der Waals surface area contributed by atoms with Gasteiger partial charge in [-0.2, -0.15) is 0 Å². The SMILES string of the molecule is NC(=NCCCCCCS(=O)(=O)Nc1ccc(Cl)cc1)Nc1ccncc1. The normalized spacial score (nSPS) is 12.0. The van der Waals surface area contributed by atoms with E-state index >= 15 is 0 Å². The molecule has 0 spiro atoms. The van der Waals surface area contributed by atoms with Crippen molar-refractivity contribution in [1.82, 2.24) is 4.98 Å². The Bertz CT molecular complexity index is 827. The lowest BCUT2D eigenvalue weighted by Crippen LogP contribution is -2.22. The van der Waals surface area contributed by atoms with Gasteiger partial charge in [0.2, 0.25) is 10.0 Å². The highest BCUT2D eigenvalue weighted by Gasteiger charge is 2.09. The minimum absolute atomic E-state index is 0.0879. The number of hydrogen-bond acceptors (Lipinski definition) is 4. The molecule has 27 heavy (non-hydrogen) atoms. The van der Waals surface area contributed by atoms with Crippen LogP contribution in [0.15, 0.2) is 53.8 Å². The number of unbranched alkanes of at least 4 members (excludes halogenated alkanes) is 3.